The average Bonchev–Trinajstić information content (AvgIpc) is 3.24. The van der Waals surface area contributed by atoms with Crippen molar-refractivity contribution in [1.82, 2.24) is 14.6 Å². The molecule has 28 heavy (non-hydrogen) atoms. The molecule has 7 heteroatoms. The third-order valence-electron chi connectivity index (χ3n) is 4.59. The van der Waals surface area contributed by atoms with Gasteiger partial charge in [-0.15, -0.1) is 16.4 Å². The number of thiazole rings is 1. The molecule has 0 fully saturated rings. The normalized spacial score (nSPS) is 11.0. The smallest absolute Gasteiger partial charge is 0.264 e. The minimum absolute atomic E-state index is 0.0953. The van der Waals surface area contributed by atoms with Gasteiger partial charge in [-0.3, -0.25) is 10.1 Å². The number of aromatic nitrogens is 3. The summed E-state index contributed by atoms with van der Waals surface area (Å²) in [6.45, 7) is 5.94. The molecule has 6 nitrogen and oxygen atoms in total. The third kappa shape index (κ3) is 3.61. The van der Waals surface area contributed by atoms with Crippen LogP contribution in [0.2, 0.25) is 0 Å². The van der Waals surface area contributed by atoms with E-state index >= 15 is 0 Å². The number of hydrogen-bond acceptors (Lipinski definition) is 5. The van der Waals surface area contributed by atoms with Crippen LogP contribution in [0, 0.1) is 20.8 Å². The number of nitrogens with one attached hydrogen (secondary N) is 1. The summed E-state index contributed by atoms with van der Waals surface area (Å²) in [5, 5.41) is 9.15. The summed E-state index contributed by atoms with van der Waals surface area (Å²) in [6.07, 6.45) is 0. The highest BCUT2D eigenvalue weighted by Crippen LogP contribution is 2.26. The van der Waals surface area contributed by atoms with Crippen LogP contribution in [0.25, 0.3) is 16.2 Å². The van der Waals surface area contributed by atoms with Gasteiger partial charge in [0.2, 0.25) is 4.96 Å². The molecular weight excluding hydrogens is 372 g/mol. The van der Waals surface area contributed by atoms with Crippen LogP contribution in [0.15, 0.2) is 47.8 Å². The average molecular weight is 392 g/mol. The molecule has 2 aromatic carbocycles. The van der Waals surface area contributed by atoms with Crippen molar-refractivity contribution in [3.8, 4) is 17.0 Å². The summed E-state index contributed by atoms with van der Waals surface area (Å²) in [7, 11) is 0. The van der Waals surface area contributed by atoms with Crippen LogP contribution < -0.4 is 10.1 Å². The Balaban J connectivity index is 1.47. The monoisotopic (exact) mass is 392 g/mol. The maximum absolute atomic E-state index is 12.3. The molecular formula is C21H20N4O2S. The van der Waals surface area contributed by atoms with Gasteiger partial charge in [-0.1, -0.05) is 42.0 Å². The lowest BCUT2D eigenvalue weighted by Gasteiger charge is -2.10. The summed E-state index contributed by atoms with van der Waals surface area (Å²) in [5.74, 6) is 0.682. The zero-order valence-electron chi connectivity index (χ0n) is 15.9. The van der Waals surface area contributed by atoms with E-state index < -0.39 is 0 Å². The molecule has 4 aromatic rings. The van der Waals surface area contributed by atoms with E-state index in [0.717, 1.165) is 27.3 Å². The minimum Gasteiger partial charge on any atom is -0.483 e. The van der Waals surface area contributed by atoms with Crippen LogP contribution in [0.4, 0.5) is 5.95 Å². The van der Waals surface area contributed by atoms with E-state index in [2.05, 4.69) is 46.6 Å². The number of anilines is 1. The van der Waals surface area contributed by atoms with Gasteiger partial charge in [-0.25, -0.2) is 4.52 Å². The first-order chi connectivity index (χ1) is 13.5. The van der Waals surface area contributed by atoms with Crippen molar-refractivity contribution in [2.24, 2.45) is 0 Å². The summed E-state index contributed by atoms with van der Waals surface area (Å²) in [4.78, 5) is 17.4. The van der Waals surface area contributed by atoms with Crippen molar-refractivity contribution < 1.29 is 9.53 Å². The van der Waals surface area contributed by atoms with E-state index in [1.165, 1.54) is 16.9 Å². The molecule has 0 aliphatic carbocycles. The Morgan fingerprint density at radius 2 is 1.93 bits per heavy atom. The van der Waals surface area contributed by atoms with Gasteiger partial charge in [0.25, 0.3) is 11.9 Å². The predicted molar refractivity (Wildman–Crippen MR) is 111 cm³/mol. The second kappa shape index (κ2) is 7.44. The van der Waals surface area contributed by atoms with Crippen molar-refractivity contribution in [3.63, 3.8) is 0 Å². The fourth-order valence-electron chi connectivity index (χ4n) is 2.84. The summed E-state index contributed by atoms with van der Waals surface area (Å²) in [5.41, 5.74) is 5.35. The predicted octanol–water partition coefficient (Wildman–Crippen LogP) is 4.40. The fraction of sp³-hybridized carbons (Fsp3) is 0.190. The molecule has 0 saturated heterocycles. The second-order valence-electron chi connectivity index (χ2n) is 6.65. The molecule has 0 atom stereocenters. The van der Waals surface area contributed by atoms with Gasteiger partial charge in [0.05, 0.1) is 5.69 Å². The summed E-state index contributed by atoms with van der Waals surface area (Å²) < 4.78 is 7.39. The molecule has 0 aliphatic heterocycles. The molecule has 0 bridgehead atoms. The van der Waals surface area contributed by atoms with Gasteiger partial charge in [0.15, 0.2) is 6.61 Å². The van der Waals surface area contributed by atoms with Crippen LogP contribution in [-0.2, 0) is 4.79 Å². The standard InChI is InChI=1S/C21H20N4O2S/c1-13-7-9-16(10-8-13)17-12-28-21-23-20(24-25(17)21)22-19(26)11-27-18-6-4-5-14(2)15(18)3/h4-10,12H,11H2,1-3H3,(H,22,24,26). The van der Waals surface area contributed by atoms with E-state index in [4.69, 9.17) is 4.74 Å². The van der Waals surface area contributed by atoms with Crippen LogP contribution in [0.5, 0.6) is 5.75 Å². The van der Waals surface area contributed by atoms with Crippen molar-refractivity contribution in [2.45, 2.75) is 20.8 Å². The number of nitrogens with zero attached hydrogens (tertiary/aromatic N) is 3. The van der Waals surface area contributed by atoms with Gasteiger partial charge < -0.3 is 4.74 Å². The Bertz CT molecular complexity index is 1150. The lowest BCUT2D eigenvalue weighted by molar-refractivity contribution is -0.118. The largest absolute Gasteiger partial charge is 0.483 e. The van der Waals surface area contributed by atoms with E-state index in [9.17, 15) is 4.79 Å². The molecule has 1 N–H and O–H groups in total. The van der Waals surface area contributed by atoms with Crippen LogP contribution >= 0.6 is 11.3 Å². The number of carbonyl (C=O) groups is 1. The molecule has 0 aliphatic rings. The topological polar surface area (TPSA) is 68.5 Å². The molecule has 0 saturated carbocycles. The van der Waals surface area contributed by atoms with E-state index in [1.807, 2.05) is 37.4 Å². The van der Waals surface area contributed by atoms with Gasteiger partial charge in [-0.2, -0.15) is 4.98 Å². The van der Waals surface area contributed by atoms with Crippen LogP contribution in [0.3, 0.4) is 0 Å². The number of carbonyl (C=O) groups excluding carboxylic acids is 1. The molecule has 4 rings (SSSR count). The first-order valence-corrected chi connectivity index (χ1v) is 9.79. The zero-order valence-corrected chi connectivity index (χ0v) is 16.7. The molecule has 142 valence electrons. The van der Waals surface area contributed by atoms with Gasteiger partial charge in [0, 0.05) is 10.9 Å². The molecule has 0 unspecified atom stereocenters. The molecule has 2 aromatic heterocycles. The molecule has 0 radical (unpaired) electrons. The quantitative estimate of drug-likeness (QED) is 0.547. The SMILES string of the molecule is Cc1ccc(-c2csc3nc(NC(=O)COc4cccc(C)c4C)nn23)cc1. The number of amides is 1. The lowest BCUT2D eigenvalue weighted by atomic mass is 10.1. The van der Waals surface area contributed by atoms with Gasteiger partial charge >= 0.3 is 0 Å². The minimum atomic E-state index is -0.295. The van der Waals surface area contributed by atoms with Gasteiger partial charge in [0.1, 0.15) is 5.75 Å². The van der Waals surface area contributed by atoms with Crippen molar-refractivity contribution in [1.29, 1.82) is 0 Å². The van der Waals surface area contributed by atoms with Crippen molar-refractivity contribution >= 4 is 28.2 Å². The Hall–Kier alpha value is -3.19. The maximum Gasteiger partial charge on any atom is 0.264 e. The Morgan fingerprint density at radius 3 is 2.71 bits per heavy atom. The van der Waals surface area contributed by atoms with Crippen LogP contribution in [-0.4, -0.2) is 27.1 Å². The Labute approximate surface area is 166 Å². The Kier molecular flexibility index (Phi) is 4.83. The number of ether oxygens (including phenoxy) is 1. The van der Waals surface area contributed by atoms with E-state index in [-0.39, 0.29) is 18.5 Å². The van der Waals surface area contributed by atoms with E-state index in [1.54, 1.807) is 4.52 Å². The first-order valence-electron chi connectivity index (χ1n) is 8.91. The number of rotatable bonds is 5. The third-order valence-corrected chi connectivity index (χ3v) is 5.41. The molecule has 1 amide bonds. The highest BCUT2D eigenvalue weighted by molar-refractivity contribution is 7.15. The zero-order chi connectivity index (χ0) is 19.7. The highest BCUT2D eigenvalue weighted by Gasteiger charge is 2.14. The maximum atomic E-state index is 12.3. The second-order valence-corrected chi connectivity index (χ2v) is 7.49. The van der Waals surface area contributed by atoms with Gasteiger partial charge in [-0.05, 0) is 38.0 Å². The number of fused-ring (bicyclic) bond motifs is 1. The lowest BCUT2D eigenvalue weighted by Crippen LogP contribution is -2.21. The molecule has 2 heterocycles. The summed E-state index contributed by atoms with van der Waals surface area (Å²) in [6, 6.07) is 14.0. The number of benzene rings is 2. The van der Waals surface area contributed by atoms with E-state index in [0.29, 0.717) is 5.75 Å². The van der Waals surface area contributed by atoms with Crippen molar-refractivity contribution in [2.75, 3.05) is 11.9 Å². The van der Waals surface area contributed by atoms with Crippen molar-refractivity contribution in [3.05, 3.63) is 64.5 Å². The fourth-order valence-corrected chi connectivity index (χ4v) is 3.67. The first kappa shape index (κ1) is 18.2. The number of aryl methyl sites for hydroxylation is 2. The highest BCUT2D eigenvalue weighted by atomic mass is 32.1. The Morgan fingerprint density at radius 1 is 1.14 bits per heavy atom. The molecule has 0 spiro atoms. The summed E-state index contributed by atoms with van der Waals surface area (Å²) >= 11 is 1.48. The number of hydrogen-bond donors (Lipinski definition) is 1. The van der Waals surface area contributed by atoms with Crippen LogP contribution in [0.1, 0.15) is 16.7 Å².